The molecule has 0 radical (unpaired) electrons. The number of carbonyl (C=O) groups excluding carboxylic acids is 1. The van der Waals surface area contributed by atoms with Crippen LogP contribution in [0, 0.1) is 11.3 Å². The van der Waals surface area contributed by atoms with Crippen LogP contribution in [0.5, 0.6) is 5.75 Å². The number of thiophene rings is 1. The molecule has 0 bridgehead atoms. The van der Waals surface area contributed by atoms with E-state index < -0.39 is 5.91 Å². The number of nitrogens with one attached hydrogen (secondary N) is 1. The van der Waals surface area contributed by atoms with Gasteiger partial charge in [0.1, 0.15) is 16.8 Å². The van der Waals surface area contributed by atoms with Crippen LogP contribution in [0.15, 0.2) is 23.6 Å². The van der Waals surface area contributed by atoms with Gasteiger partial charge in [0.2, 0.25) is 0 Å². The van der Waals surface area contributed by atoms with Crippen LogP contribution in [0.2, 0.25) is 15.1 Å². The lowest BCUT2D eigenvalue weighted by Gasteiger charge is -2.09. The molecule has 0 fully saturated rings. The van der Waals surface area contributed by atoms with Crippen LogP contribution in [0.1, 0.15) is 5.56 Å². The Morgan fingerprint density at radius 2 is 2.00 bits per heavy atom. The van der Waals surface area contributed by atoms with Crippen LogP contribution in [0.25, 0.3) is 0 Å². The number of hydrogen-bond donors (Lipinski definition) is 1. The van der Waals surface area contributed by atoms with Gasteiger partial charge in [0.15, 0.2) is 6.61 Å². The highest BCUT2D eigenvalue weighted by Crippen LogP contribution is 2.33. The lowest BCUT2D eigenvalue weighted by atomic mass is 10.3. The molecule has 8 heteroatoms. The Hall–Kier alpha value is -1.45. The van der Waals surface area contributed by atoms with E-state index >= 15 is 0 Å². The van der Waals surface area contributed by atoms with Gasteiger partial charge in [-0.2, -0.15) is 5.26 Å². The zero-order valence-corrected chi connectivity index (χ0v) is 13.4. The van der Waals surface area contributed by atoms with Crippen molar-refractivity contribution < 1.29 is 9.53 Å². The first-order chi connectivity index (χ1) is 10.0. The summed E-state index contributed by atoms with van der Waals surface area (Å²) in [4.78, 5) is 11.8. The van der Waals surface area contributed by atoms with E-state index in [9.17, 15) is 4.79 Å². The van der Waals surface area contributed by atoms with Gasteiger partial charge >= 0.3 is 0 Å². The molecule has 0 aliphatic rings. The highest BCUT2D eigenvalue weighted by Gasteiger charge is 2.11. The summed E-state index contributed by atoms with van der Waals surface area (Å²) in [5.41, 5.74) is 0.404. The SMILES string of the molecule is N#Cc1ccsc1NC(=O)COc1cc(Cl)c(Cl)cc1Cl. The van der Waals surface area contributed by atoms with Crippen LogP contribution in [0.4, 0.5) is 5.00 Å². The lowest BCUT2D eigenvalue weighted by molar-refractivity contribution is -0.118. The summed E-state index contributed by atoms with van der Waals surface area (Å²) in [6.45, 7) is -0.263. The normalized spacial score (nSPS) is 10.0. The van der Waals surface area contributed by atoms with E-state index in [-0.39, 0.29) is 22.4 Å². The second-order valence-electron chi connectivity index (χ2n) is 3.81. The Morgan fingerprint density at radius 1 is 1.29 bits per heavy atom. The van der Waals surface area contributed by atoms with Gasteiger partial charge in [-0.15, -0.1) is 11.3 Å². The summed E-state index contributed by atoms with van der Waals surface area (Å²) in [7, 11) is 0. The minimum Gasteiger partial charge on any atom is -0.482 e. The van der Waals surface area contributed by atoms with E-state index in [1.54, 1.807) is 11.4 Å². The maximum Gasteiger partial charge on any atom is 0.262 e. The van der Waals surface area contributed by atoms with Gasteiger partial charge in [-0.1, -0.05) is 34.8 Å². The van der Waals surface area contributed by atoms with Gasteiger partial charge in [-0.05, 0) is 17.5 Å². The maximum atomic E-state index is 11.8. The van der Waals surface area contributed by atoms with Crippen molar-refractivity contribution >= 4 is 57.0 Å². The zero-order valence-electron chi connectivity index (χ0n) is 10.3. The smallest absolute Gasteiger partial charge is 0.262 e. The van der Waals surface area contributed by atoms with Gasteiger partial charge < -0.3 is 10.1 Å². The predicted octanol–water partition coefficient (Wildman–Crippen LogP) is 4.60. The molecule has 0 unspecified atom stereocenters. The second-order valence-corrected chi connectivity index (χ2v) is 5.95. The molecule has 4 nitrogen and oxygen atoms in total. The summed E-state index contributed by atoms with van der Waals surface area (Å²) < 4.78 is 5.29. The molecule has 0 aliphatic carbocycles. The quantitative estimate of drug-likeness (QED) is 0.810. The molecule has 0 spiro atoms. The number of rotatable bonds is 4. The monoisotopic (exact) mass is 360 g/mol. The number of ether oxygens (including phenoxy) is 1. The molecule has 1 heterocycles. The summed E-state index contributed by atoms with van der Waals surface area (Å²) in [5, 5.41) is 14.5. The van der Waals surface area contributed by atoms with Crippen LogP contribution in [0.3, 0.4) is 0 Å². The van der Waals surface area contributed by atoms with E-state index in [4.69, 9.17) is 44.8 Å². The van der Waals surface area contributed by atoms with Crippen LogP contribution >= 0.6 is 46.1 Å². The van der Waals surface area contributed by atoms with Gasteiger partial charge in [0.05, 0.1) is 20.6 Å². The molecular weight excluding hydrogens is 355 g/mol. The van der Waals surface area contributed by atoms with Crippen LogP contribution in [-0.4, -0.2) is 12.5 Å². The van der Waals surface area contributed by atoms with E-state index in [2.05, 4.69) is 5.32 Å². The molecule has 1 aromatic carbocycles. The first-order valence-corrected chi connectivity index (χ1v) is 7.57. The van der Waals surface area contributed by atoms with Crippen molar-refractivity contribution in [3.63, 3.8) is 0 Å². The third kappa shape index (κ3) is 4.02. The molecule has 2 aromatic rings. The number of halogens is 3. The fourth-order valence-electron chi connectivity index (χ4n) is 1.42. The molecule has 1 amide bonds. The first kappa shape index (κ1) is 15.9. The molecule has 21 heavy (non-hydrogen) atoms. The number of hydrogen-bond acceptors (Lipinski definition) is 4. The third-order valence-corrected chi connectivity index (χ3v) is 4.22. The molecule has 108 valence electrons. The molecule has 1 N–H and O–H groups in total. The van der Waals surface area contributed by atoms with E-state index in [0.717, 1.165) is 0 Å². The van der Waals surface area contributed by atoms with Crippen LogP contribution < -0.4 is 10.1 Å². The molecule has 0 saturated carbocycles. The minimum absolute atomic E-state index is 0.256. The Balaban J connectivity index is 1.99. The molecular formula is C13H7Cl3N2O2S. The highest BCUT2D eigenvalue weighted by molar-refractivity contribution is 7.14. The van der Waals surface area contributed by atoms with Crippen LogP contribution in [-0.2, 0) is 4.79 Å². The molecule has 1 aromatic heterocycles. The summed E-state index contributed by atoms with van der Waals surface area (Å²) in [5.74, 6) is -0.149. The fourth-order valence-corrected chi connectivity index (χ4v) is 2.76. The highest BCUT2D eigenvalue weighted by atomic mass is 35.5. The molecule has 0 aliphatic heterocycles. The zero-order chi connectivity index (χ0) is 15.4. The van der Waals surface area contributed by atoms with Crippen molar-refractivity contribution in [2.75, 3.05) is 11.9 Å². The van der Waals surface area contributed by atoms with Crippen molar-refractivity contribution in [1.29, 1.82) is 5.26 Å². The third-order valence-electron chi connectivity index (χ3n) is 2.37. The number of nitriles is 1. The second kappa shape index (κ2) is 7.01. The number of nitrogens with zero attached hydrogens (tertiary/aromatic N) is 1. The predicted molar refractivity (Wildman–Crippen MR) is 84.6 cm³/mol. The largest absolute Gasteiger partial charge is 0.482 e. The van der Waals surface area contributed by atoms with Crippen molar-refractivity contribution in [3.8, 4) is 11.8 Å². The standard InChI is InChI=1S/C13H7Cl3N2O2S/c14-8-3-10(16)11(4-9(8)15)20-6-12(19)18-13-7(5-17)1-2-21-13/h1-4H,6H2,(H,18,19). The average molecular weight is 362 g/mol. The Labute approximate surface area is 139 Å². The van der Waals surface area contributed by atoms with Gasteiger partial charge in [-0.3, -0.25) is 4.79 Å². The number of anilines is 1. The van der Waals surface area contributed by atoms with Crippen molar-refractivity contribution in [2.24, 2.45) is 0 Å². The van der Waals surface area contributed by atoms with Crippen molar-refractivity contribution in [1.82, 2.24) is 0 Å². The Bertz CT molecular complexity index is 725. The minimum atomic E-state index is -0.406. The number of benzene rings is 1. The maximum absolute atomic E-state index is 11.8. The molecule has 0 atom stereocenters. The van der Waals surface area contributed by atoms with Gasteiger partial charge in [0, 0.05) is 6.07 Å². The van der Waals surface area contributed by atoms with Crippen molar-refractivity contribution in [2.45, 2.75) is 0 Å². The number of carbonyl (C=O) groups is 1. The molecule has 0 saturated heterocycles. The summed E-state index contributed by atoms with van der Waals surface area (Å²) in [6, 6.07) is 6.47. The Kier molecular flexibility index (Phi) is 5.32. The van der Waals surface area contributed by atoms with Crippen molar-refractivity contribution in [3.05, 3.63) is 44.2 Å². The Morgan fingerprint density at radius 3 is 2.71 bits per heavy atom. The summed E-state index contributed by atoms with van der Waals surface area (Å²) in [6.07, 6.45) is 0. The summed E-state index contributed by atoms with van der Waals surface area (Å²) >= 11 is 18.8. The lowest BCUT2D eigenvalue weighted by Crippen LogP contribution is -2.20. The molecule has 2 rings (SSSR count). The van der Waals surface area contributed by atoms with Gasteiger partial charge in [-0.25, -0.2) is 0 Å². The van der Waals surface area contributed by atoms with E-state index in [1.807, 2.05) is 6.07 Å². The topological polar surface area (TPSA) is 62.1 Å². The van der Waals surface area contributed by atoms with E-state index in [0.29, 0.717) is 15.6 Å². The first-order valence-electron chi connectivity index (χ1n) is 5.56. The number of amides is 1. The van der Waals surface area contributed by atoms with E-state index in [1.165, 1.54) is 23.5 Å². The van der Waals surface area contributed by atoms with Gasteiger partial charge in [0.25, 0.3) is 5.91 Å². The average Bonchev–Trinajstić information content (AvgIpc) is 2.88. The fraction of sp³-hybridized carbons (Fsp3) is 0.0769.